The normalized spacial score (nSPS) is 9.62. The fraction of sp³-hybridized carbons (Fsp3) is 0.273. The maximum absolute atomic E-state index is 11.3. The molecule has 86 valence electrons. The molecular formula is C11H13ClN2O2. The Morgan fingerprint density at radius 2 is 1.81 bits per heavy atom. The molecule has 1 rings (SSSR count). The minimum atomic E-state index is -0.671. The molecule has 0 heterocycles. The third-order valence-corrected chi connectivity index (χ3v) is 2.10. The summed E-state index contributed by atoms with van der Waals surface area (Å²) in [7, 11) is 0. The van der Waals surface area contributed by atoms with Crippen molar-refractivity contribution in [2.75, 3.05) is 11.9 Å². The molecule has 0 aliphatic carbocycles. The van der Waals surface area contributed by atoms with E-state index in [0.717, 1.165) is 6.42 Å². The van der Waals surface area contributed by atoms with Crippen molar-refractivity contribution in [1.82, 2.24) is 5.32 Å². The molecule has 0 saturated heterocycles. The molecule has 5 heteroatoms. The average Bonchev–Trinajstić information content (AvgIpc) is 2.29. The van der Waals surface area contributed by atoms with Gasteiger partial charge in [0, 0.05) is 17.3 Å². The summed E-state index contributed by atoms with van der Waals surface area (Å²) in [5.74, 6) is -1.30. The Balaban J connectivity index is 2.51. The molecule has 1 aromatic rings. The van der Waals surface area contributed by atoms with E-state index in [4.69, 9.17) is 11.6 Å². The lowest BCUT2D eigenvalue weighted by atomic mass is 10.3. The Hall–Kier alpha value is -1.55. The maximum Gasteiger partial charge on any atom is 0.313 e. The molecule has 0 spiro atoms. The molecule has 0 radical (unpaired) electrons. The van der Waals surface area contributed by atoms with Crippen molar-refractivity contribution in [3.05, 3.63) is 29.3 Å². The fourth-order valence-electron chi connectivity index (χ4n) is 1.04. The summed E-state index contributed by atoms with van der Waals surface area (Å²) in [6.45, 7) is 2.41. The van der Waals surface area contributed by atoms with Gasteiger partial charge in [0.25, 0.3) is 0 Å². The molecule has 0 aromatic heterocycles. The SMILES string of the molecule is CCCNC(=O)C(=O)Nc1ccc(Cl)cc1. The van der Waals surface area contributed by atoms with Crippen LogP contribution in [0, 0.1) is 0 Å². The van der Waals surface area contributed by atoms with Gasteiger partial charge in [0.15, 0.2) is 0 Å². The van der Waals surface area contributed by atoms with Crippen LogP contribution in [0.3, 0.4) is 0 Å². The van der Waals surface area contributed by atoms with Gasteiger partial charge in [-0.15, -0.1) is 0 Å². The lowest BCUT2D eigenvalue weighted by Gasteiger charge is -2.05. The zero-order chi connectivity index (χ0) is 12.0. The van der Waals surface area contributed by atoms with Crippen LogP contribution >= 0.6 is 11.6 Å². The van der Waals surface area contributed by atoms with Gasteiger partial charge in [-0.3, -0.25) is 9.59 Å². The zero-order valence-corrected chi connectivity index (χ0v) is 9.67. The molecule has 4 nitrogen and oxygen atoms in total. The summed E-state index contributed by atoms with van der Waals surface area (Å²) < 4.78 is 0. The Bertz CT molecular complexity index is 376. The highest BCUT2D eigenvalue weighted by Gasteiger charge is 2.12. The predicted octanol–water partition coefficient (Wildman–Crippen LogP) is 1.80. The van der Waals surface area contributed by atoms with E-state index in [2.05, 4.69) is 10.6 Å². The number of anilines is 1. The minimum absolute atomic E-state index is 0.493. The molecule has 0 unspecified atom stereocenters. The predicted molar refractivity (Wildman–Crippen MR) is 63.4 cm³/mol. The highest BCUT2D eigenvalue weighted by atomic mass is 35.5. The van der Waals surface area contributed by atoms with Crippen molar-refractivity contribution in [2.24, 2.45) is 0 Å². The van der Waals surface area contributed by atoms with Crippen molar-refractivity contribution in [1.29, 1.82) is 0 Å². The van der Waals surface area contributed by atoms with Gasteiger partial charge in [-0.1, -0.05) is 18.5 Å². The summed E-state index contributed by atoms with van der Waals surface area (Å²) in [5, 5.41) is 5.53. The summed E-state index contributed by atoms with van der Waals surface area (Å²) >= 11 is 5.69. The van der Waals surface area contributed by atoms with Crippen LogP contribution in [-0.4, -0.2) is 18.4 Å². The summed E-state index contributed by atoms with van der Waals surface area (Å²) in [4.78, 5) is 22.6. The quantitative estimate of drug-likeness (QED) is 0.792. The number of halogens is 1. The summed E-state index contributed by atoms with van der Waals surface area (Å²) in [6, 6.07) is 6.54. The van der Waals surface area contributed by atoms with Crippen LogP contribution in [-0.2, 0) is 9.59 Å². The van der Waals surface area contributed by atoms with Crippen molar-refractivity contribution in [2.45, 2.75) is 13.3 Å². The number of rotatable bonds is 3. The minimum Gasteiger partial charge on any atom is -0.348 e. The van der Waals surface area contributed by atoms with Crippen LogP contribution in [0.2, 0.25) is 5.02 Å². The van der Waals surface area contributed by atoms with Crippen molar-refractivity contribution in [3.8, 4) is 0 Å². The first-order valence-electron chi connectivity index (χ1n) is 4.98. The highest BCUT2D eigenvalue weighted by molar-refractivity contribution is 6.39. The Morgan fingerprint density at radius 1 is 1.19 bits per heavy atom. The first-order chi connectivity index (χ1) is 7.63. The Morgan fingerprint density at radius 3 is 2.38 bits per heavy atom. The molecule has 2 N–H and O–H groups in total. The third kappa shape index (κ3) is 3.90. The molecule has 2 amide bonds. The Kier molecular flexibility index (Phi) is 4.79. The third-order valence-electron chi connectivity index (χ3n) is 1.84. The molecule has 1 aromatic carbocycles. The number of hydrogen-bond acceptors (Lipinski definition) is 2. The van der Waals surface area contributed by atoms with Gasteiger partial charge in [0.1, 0.15) is 0 Å². The van der Waals surface area contributed by atoms with E-state index < -0.39 is 11.8 Å². The van der Waals surface area contributed by atoms with Crippen LogP contribution in [0.15, 0.2) is 24.3 Å². The zero-order valence-electron chi connectivity index (χ0n) is 8.92. The van der Waals surface area contributed by atoms with E-state index in [0.29, 0.717) is 17.3 Å². The van der Waals surface area contributed by atoms with E-state index in [1.165, 1.54) is 0 Å². The van der Waals surface area contributed by atoms with E-state index in [-0.39, 0.29) is 0 Å². The lowest BCUT2D eigenvalue weighted by molar-refractivity contribution is -0.136. The van der Waals surface area contributed by atoms with Crippen molar-refractivity contribution < 1.29 is 9.59 Å². The first kappa shape index (κ1) is 12.5. The molecule has 0 bridgehead atoms. The van der Waals surface area contributed by atoms with Crippen molar-refractivity contribution >= 4 is 29.1 Å². The molecule has 0 aliphatic rings. The number of amides is 2. The van der Waals surface area contributed by atoms with Crippen LogP contribution in [0.1, 0.15) is 13.3 Å². The molecule has 0 atom stereocenters. The number of nitrogens with one attached hydrogen (secondary N) is 2. The number of benzene rings is 1. The van der Waals surface area contributed by atoms with Crippen LogP contribution < -0.4 is 10.6 Å². The van der Waals surface area contributed by atoms with Crippen LogP contribution in [0.5, 0.6) is 0 Å². The maximum atomic E-state index is 11.3. The number of carbonyl (C=O) groups is 2. The smallest absolute Gasteiger partial charge is 0.313 e. The molecule has 0 saturated carbocycles. The monoisotopic (exact) mass is 240 g/mol. The largest absolute Gasteiger partial charge is 0.348 e. The molecule has 0 aliphatic heterocycles. The number of hydrogen-bond donors (Lipinski definition) is 2. The second-order valence-corrected chi connectivity index (χ2v) is 3.65. The van der Waals surface area contributed by atoms with E-state index in [1.807, 2.05) is 6.92 Å². The average molecular weight is 241 g/mol. The van der Waals surface area contributed by atoms with E-state index in [1.54, 1.807) is 24.3 Å². The molecule has 0 fully saturated rings. The van der Waals surface area contributed by atoms with E-state index >= 15 is 0 Å². The van der Waals surface area contributed by atoms with Gasteiger partial charge in [-0.25, -0.2) is 0 Å². The second-order valence-electron chi connectivity index (χ2n) is 3.22. The van der Waals surface area contributed by atoms with Gasteiger partial charge in [0.2, 0.25) is 0 Å². The summed E-state index contributed by atoms with van der Waals surface area (Å²) in [6.07, 6.45) is 0.792. The molecular weight excluding hydrogens is 228 g/mol. The van der Waals surface area contributed by atoms with Crippen LogP contribution in [0.4, 0.5) is 5.69 Å². The van der Waals surface area contributed by atoms with Gasteiger partial charge in [0.05, 0.1) is 0 Å². The number of carbonyl (C=O) groups excluding carboxylic acids is 2. The van der Waals surface area contributed by atoms with Gasteiger partial charge in [-0.05, 0) is 30.7 Å². The standard InChI is InChI=1S/C11H13ClN2O2/c1-2-7-13-10(15)11(16)14-9-5-3-8(12)4-6-9/h3-6H,2,7H2,1H3,(H,13,15)(H,14,16). The first-order valence-corrected chi connectivity index (χ1v) is 5.36. The second kappa shape index (κ2) is 6.12. The van der Waals surface area contributed by atoms with Gasteiger partial charge < -0.3 is 10.6 Å². The Labute approximate surface area is 99.0 Å². The van der Waals surface area contributed by atoms with Crippen LogP contribution in [0.25, 0.3) is 0 Å². The fourth-order valence-corrected chi connectivity index (χ4v) is 1.17. The van der Waals surface area contributed by atoms with E-state index in [9.17, 15) is 9.59 Å². The molecule has 16 heavy (non-hydrogen) atoms. The summed E-state index contributed by atoms with van der Waals surface area (Å²) in [5.41, 5.74) is 0.543. The van der Waals surface area contributed by atoms with Crippen molar-refractivity contribution in [3.63, 3.8) is 0 Å². The van der Waals surface area contributed by atoms with Gasteiger partial charge >= 0.3 is 11.8 Å². The lowest BCUT2D eigenvalue weighted by Crippen LogP contribution is -2.35. The van der Waals surface area contributed by atoms with Gasteiger partial charge in [-0.2, -0.15) is 0 Å². The highest BCUT2D eigenvalue weighted by Crippen LogP contribution is 2.12. The topological polar surface area (TPSA) is 58.2 Å².